The summed E-state index contributed by atoms with van der Waals surface area (Å²) < 4.78 is 5.37. The normalized spacial score (nSPS) is 11.2. The van der Waals surface area contributed by atoms with Crippen molar-refractivity contribution in [3.63, 3.8) is 0 Å². The lowest BCUT2D eigenvalue weighted by Crippen LogP contribution is -2.02. The Kier molecular flexibility index (Phi) is 2.27. The van der Waals surface area contributed by atoms with Crippen molar-refractivity contribution in [1.82, 2.24) is 4.98 Å². The van der Waals surface area contributed by atoms with Crippen LogP contribution < -0.4 is 5.63 Å². The van der Waals surface area contributed by atoms with Gasteiger partial charge >= 0.3 is 5.63 Å². The maximum absolute atomic E-state index is 12.1. The van der Waals surface area contributed by atoms with E-state index in [9.17, 15) is 4.79 Å². The molecule has 0 bridgehead atoms. The fourth-order valence-corrected chi connectivity index (χ4v) is 2.47. The van der Waals surface area contributed by atoms with Crippen molar-refractivity contribution in [1.29, 1.82) is 0 Å². The molecule has 96 valence electrons. The number of rotatable bonds is 1. The van der Waals surface area contributed by atoms with Crippen LogP contribution in [0.25, 0.3) is 33.1 Å². The minimum atomic E-state index is -0.324. The van der Waals surface area contributed by atoms with Crippen LogP contribution in [0.4, 0.5) is 0 Å². The Morgan fingerprint density at radius 3 is 2.45 bits per heavy atom. The number of hydrogen-bond acceptors (Lipinski definition) is 2. The van der Waals surface area contributed by atoms with Crippen LogP contribution in [0.3, 0.4) is 0 Å². The molecule has 3 nitrogen and oxygen atoms in total. The van der Waals surface area contributed by atoms with Crippen LogP contribution in [0.2, 0.25) is 0 Å². The number of nitrogens with one attached hydrogen (secondary N) is 1. The van der Waals surface area contributed by atoms with E-state index in [4.69, 9.17) is 4.42 Å². The van der Waals surface area contributed by atoms with Crippen molar-refractivity contribution in [2.75, 3.05) is 0 Å². The minimum Gasteiger partial charge on any atom is -0.422 e. The highest BCUT2D eigenvalue weighted by Gasteiger charge is 2.10. The Bertz CT molecular complexity index is 946. The van der Waals surface area contributed by atoms with Gasteiger partial charge in [0.2, 0.25) is 0 Å². The summed E-state index contributed by atoms with van der Waals surface area (Å²) in [5, 5.41) is 2.00. The van der Waals surface area contributed by atoms with Crippen molar-refractivity contribution < 1.29 is 4.42 Å². The molecule has 0 spiro atoms. The molecule has 0 radical (unpaired) electrons. The molecule has 0 aliphatic rings. The second-order valence-corrected chi connectivity index (χ2v) is 4.76. The lowest BCUT2D eigenvalue weighted by molar-refractivity contribution is 0.563. The van der Waals surface area contributed by atoms with Crippen LogP contribution in [0.5, 0.6) is 0 Å². The third-order valence-corrected chi connectivity index (χ3v) is 3.46. The fraction of sp³-hybridized carbons (Fsp3) is 0. The molecule has 0 atom stereocenters. The molecular formula is C17H11NO2. The first-order chi connectivity index (χ1) is 9.81. The molecule has 2 aromatic carbocycles. The van der Waals surface area contributed by atoms with Gasteiger partial charge in [-0.3, -0.25) is 0 Å². The van der Waals surface area contributed by atoms with Gasteiger partial charge in [-0.25, -0.2) is 4.79 Å². The van der Waals surface area contributed by atoms with Gasteiger partial charge in [-0.05, 0) is 24.3 Å². The van der Waals surface area contributed by atoms with Gasteiger partial charge in [0.05, 0.1) is 11.3 Å². The van der Waals surface area contributed by atoms with E-state index in [-0.39, 0.29) is 5.63 Å². The third kappa shape index (κ3) is 1.64. The van der Waals surface area contributed by atoms with Crippen LogP contribution >= 0.6 is 0 Å². The molecule has 1 N–H and O–H groups in total. The van der Waals surface area contributed by atoms with Gasteiger partial charge in [0.15, 0.2) is 0 Å². The highest BCUT2D eigenvalue weighted by atomic mass is 16.4. The number of benzene rings is 2. The van der Waals surface area contributed by atoms with Gasteiger partial charge in [0.25, 0.3) is 0 Å². The lowest BCUT2D eigenvalue weighted by Gasteiger charge is -1.99. The van der Waals surface area contributed by atoms with E-state index in [1.165, 1.54) is 0 Å². The summed E-state index contributed by atoms with van der Waals surface area (Å²) in [6, 6.07) is 19.3. The first-order valence-electron chi connectivity index (χ1n) is 6.42. The molecule has 0 saturated heterocycles. The maximum atomic E-state index is 12.1. The number of fused-ring (bicyclic) bond motifs is 2. The van der Waals surface area contributed by atoms with E-state index in [2.05, 4.69) is 4.98 Å². The SMILES string of the molecule is O=c1oc2ccccc2cc1-c1cc2ccccc2[nH]1. The number of aromatic nitrogens is 1. The van der Waals surface area contributed by atoms with E-state index in [0.717, 1.165) is 22.0 Å². The molecular weight excluding hydrogens is 250 g/mol. The van der Waals surface area contributed by atoms with Crippen molar-refractivity contribution in [3.05, 3.63) is 71.1 Å². The summed E-state index contributed by atoms with van der Waals surface area (Å²) in [4.78, 5) is 15.4. The van der Waals surface area contributed by atoms with Gasteiger partial charge < -0.3 is 9.40 Å². The fourth-order valence-electron chi connectivity index (χ4n) is 2.47. The van der Waals surface area contributed by atoms with Crippen LogP contribution in [-0.2, 0) is 0 Å². The molecule has 2 heterocycles. The quantitative estimate of drug-likeness (QED) is 0.527. The van der Waals surface area contributed by atoms with Crippen molar-refractivity contribution in [2.45, 2.75) is 0 Å². The summed E-state index contributed by atoms with van der Waals surface area (Å²) in [5.41, 5.74) is 2.63. The highest BCUT2D eigenvalue weighted by molar-refractivity contribution is 5.87. The van der Waals surface area contributed by atoms with Crippen LogP contribution in [0.1, 0.15) is 0 Å². The average molecular weight is 261 g/mol. The third-order valence-electron chi connectivity index (χ3n) is 3.46. The van der Waals surface area contributed by atoms with Crippen LogP contribution in [0, 0.1) is 0 Å². The molecule has 0 aliphatic heterocycles. The zero-order valence-corrected chi connectivity index (χ0v) is 10.6. The largest absolute Gasteiger partial charge is 0.422 e. The maximum Gasteiger partial charge on any atom is 0.345 e. The smallest absolute Gasteiger partial charge is 0.345 e. The number of para-hydroxylation sites is 2. The summed E-state index contributed by atoms with van der Waals surface area (Å²) >= 11 is 0. The molecule has 0 saturated carbocycles. The number of hydrogen-bond donors (Lipinski definition) is 1. The van der Waals surface area contributed by atoms with Gasteiger partial charge in [0.1, 0.15) is 5.58 Å². The minimum absolute atomic E-state index is 0.324. The average Bonchev–Trinajstić information content (AvgIpc) is 2.90. The van der Waals surface area contributed by atoms with Gasteiger partial charge in [-0.15, -0.1) is 0 Å². The highest BCUT2D eigenvalue weighted by Crippen LogP contribution is 2.24. The summed E-state index contributed by atoms with van der Waals surface area (Å²) in [5.74, 6) is 0. The van der Waals surface area contributed by atoms with Crippen molar-refractivity contribution >= 4 is 21.9 Å². The zero-order valence-electron chi connectivity index (χ0n) is 10.6. The summed E-state index contributed by atoms with van der Waals surface area (Å²) in [6.07, 6.45) is 0. The molecule has 3 heteroatoms. The van der Waals surface area contributed by atoms with Crippen molar-refractivity contribution in [2.24, 2.45) is 0 Å². The standard InChI is InChI=1S/C17H11NO2/c19-17-13(9-12-6-2-4-8-16(12)20-17)15-10-11-5-1-3-7-14(11)18-15/h1-10,18H. The topological polar surface area (TPSA) is 46.0 Å². The van der Waals surface area contributed by atoms with Crippen LogP contribution in [0.15, 0.2) is 69.9 Å². The molecule has 2 aromatic heterocycles. The Labute approximate surface area is 114 Å². The Morgan fingerprint density at radius 2 is 1.60 bits per heavy atom. The van der Waals surface area contributed by atoms with Gasteiger partial charge in [-0.1, -0.05) is 36.4 Å². The molecule has 0 fully saturated rings. The number of H-pyrrole nitrogens is 1. The monoisotopic (exact) mass is 261 g/mol. The van der Waals surface area contributed by atoms with E-state index >= 15 is 0 Å². The first kappa shape index (κ1) is 11.1. The molecule has 4 rings (SSSR count). The van der Waals surface area contributed by atoms with Crippen LogP contribution in [-0.4, -0.2) is 4.98 Å². The zero-order chi connectivity index (χ0) is 13.5. The lowest BCUT2D eigenvalue weighted by atomic mass is 10.1. The Hall–Kier alpha value is -2.81. The van der Waals surface area contributed by atoms with E-state index < -0.39 is 0 Å². The van der Waals surface area contributed by atoms with Gasteiger partial charge in [0, 0.05) is 16.3 Å². The van der Waals surface area contributed by atoms with E-state index in [1.807, 2.05) is 54.6 Å². The molecule has 0 amide bonds. The summed E-state index contributed by atoms with van der Waals surface area (Å²) in [7, 11) is 0. The van der Waals surface area contributed by atoms with Crippen molar-refractivity contribution in [3.8, 4) is 11.3 Å². The molecule has 0 unspecified atom stereocenters. The van der Waals surface area contributed by atoms with E-state index in [0.29, 0.717) is 11.1 Å². The Morgan fingerprint density at radius 1 is 0.850 bits per heavy atom. The van der Waals surface area contributed by atoms with E-state index in [1.54, 1.807) is 6.07 Å². The predicted octanol–water partition coefficient (Wildman–Crippen LogP) is 3.94. The first-order valence-corrected chi connectivity index (χ1v) is 6.42. The molecule has 4 aromatic rings. The second kappa shape index (κ2) is 4.10. The number of aromatic amines is 1. The molecule has 20 heavy (non-hydrogen) atoms. The summed E-state index contributed by atoms with van der Waals surface area (Å²) in [6.45, 7) is 0. The van der Waals surface area contributed by atoms with Gasteiger partial charge in [-0.2, -0.15) is 0 Å². The second-order valence-electron chi connectivity index (χ2n) is 4.76. The molecule has 0 aliphatic carbocycles. The Balaban J connectivity index is 2.01. The predicted molar refractivity (Wildman–Crippen MR) is 79.8 cm³/mol.